The average Bonchev–Trinajstić information content (AvgIpc) is 2.77. The van der Waals surface area contributed by atoms with E-state index in [2.05, 4.69) is 10.2 Å². The minimum absolute atomic E-state index is 0.102. The van der Waals surface area contributed by atoms with Gasteiger partial charge in [-0.15, -0.1) is 0 Å². The smallest absolute Gasteiger partial charge is 0.337 e. The van der Waals surface area contributed by atoms with Crippen molar-refractivity contribution in [3.05, 3.63) is 63.4 Å². The van der Waals surface area contributed by atoms with Crippen LogP contribution in [0.25, 0.3) is 10.9 Å². The van der Waals surface area contributed by atoms with Crippen LogP contribution < -0.4 is 15.8 Å². The number of carboxylic acid groups (broad SMARTS) is 1. The van der Waals surface area contributed by atoms with E-state index in [1.807, 2.05) is 26.0 Å². The number of nitrogens with zero attached hydrogens (tertiary/aromatic N) is 3. The Balaban J connectivity index is 1.83. The molecule has 1 aromatic heterocycles. The van der Waals surface area contributed by atoms with Crippen LogP contribution >= 0.6 is 0 Å². The molecular weight excluding hydrogens is 396 g/mol. The molecule has 31 heavy (non-hydrogen) atoms. The molecule has 0 amide bonds. The van der Waals surface area contributed by atoms with Gasteiger partial charge in [0.1, 0.15) is 0 Å². The third-order valence-corrected chi connectivity index (χ3v) is 5.62. The van der Waals surface area contributed by atoms with Gasteiger partial charge in [0, 0.05) is 31.4 Å². The number of fused-ring (bicyclic) bond motifs is 1. The molecule has 1 aliphatic rings. The second-order valence-corrected chi connectivity index (χ2v) is 7.84. The van der Waals surface area contributed by atoms with Crippen LogP contribution in [-0.4, -0.2) is 46.9 Å². The molecule has 3 aromatic rings. The van der Waals surface area contributed by atoms with Crippen molar-refractivity contribution in [1.82, 2.24) is 9.55 Å². The van der Waals surface area contributed by atoms with Gasteiger partial charge in [0.05, 0.1) is 35.7 Å². The molecule has 2 N–H and O–H groups in total. The van der Waals surface area contributed by atoms with E-state index in [4.69, 9.17) is 9.72 Å². The zero-order valence-corrected chi connectivity index (χ0v) is 17.9. The number of morpholine rings is 1. The maximum absolute atomic E-state index is 13.2. The first kappa shape index (κ1) is 20.9. The second kappa shape index (κ2) is 8.39. The molecular formula is C23H26N4O4. The maximum atomic E-state index is 13.2. The fourth-order valence-corrected chi connectivity index (χ4v) is 4.02. The van der Waals surface area contributed by atoms with Crippen molar-refractivity contribution in [2.75, 3.05) is 36.5 Å². The van der Waals surface area contributed by atoms with Crippen molar-refractivity contribution >= 4 is 28.5 Å². The molecule has 8 nitrogen and oxygen atoms in total. The number of hydrogen-bond donors (Lipinski definition) is 2. The Morgan fingerprint density at radius 3 is 2.65 bits per heavy atom. The van der Waals surface area contributed by atoms with E-state index >= 15 is 0 Å². The van der Waals surface area contributed by atoms with E-state index in [0.29, 0.717) is 48.8 Å². The van der Waals surface area contributed by atoms with Crippen molar-refractivity contribution in [2.45, 2.75) is 19.9 Å². The summed E-state index contributed by atoms with van der Waals surface area (Å²) in [4.78, 5) is 31.7. The number of aryl methyl sites for hydroxylation is 1. The van der Waals surface area contributed by atoms with E-state index < -0.39 is 5.97 Å². The van der Waals surface area contributed by atoms with Crippen LogP contribution in [0.15, 0.2) is 41.2 Å². The molecule has 1 aliphatic heterocycles. The number of carboxylic acids is 1. The Kier molecular flexibility index (Phi) is 5.65. The first-order valence-corrected chi connectivity index (χ1v) is 10.3. The van der Waals surface area contributed by atoms with E-state index in [1.54, 1.807) is 35.9 Å². The zero-order valence-electron chi connectivity index (χ0n) is 17.9. The first-order chi connectivity index (χ1) is 14.9. The summed E-state index contributed by atoms with van der Waals surface area (Å²) in [6.45, 7) is 6.42. The lowest BCUT2D eigenvalue weighted by molar-refractivity contribution is 0.0698. The van der Waals surface area contributed by atoms with E-state index in [9.17, 15) is 14.7 Å². The normalized spacial score (nSPS) is 15.1. The molecule has 2 aromatic carbocycles. The lowest BCUT2D eigenvalue weighted by Gasteiger charge is -2.29. The molecule has 0 saturated carbocycles. The maximum Gasteiger partial charge on any atom is 0.337 e. The summed E-state index contributed by atoms with van der Waals surface area (Å²) in [5, 5.41) is 13.3. The standard InChI is InChI=1S/C23H26N4O4/c1-14-12-17(15(2)24-19-7-5-4-6-16(19)22(29)30)20-18(13-14)21(28)26(3)23(25-20)27-8-10-31-11-9-27/h4-7,12-13,15,24H,8-11H2,1-3H3,(H,29,30). The van der Waals surface area contributed by atoms with Gasteiger partial charge in [-0.1, -0.05) is 18.2 Å². The number of rotatable bonds is 5. The summed E-state index contributed by atoms with van der Waals surface area (Å²) < 4.78 is 7.03. The number of aromatic nitrogens is 2. The second-order valence-electron chi connectivity index (χ2n) is 7.84. The number of nitrogens with one attached hydrogen (secondary N) is 1. The molecule has 4 rings (SSSR count). The number of anilines is 2. The zero-order chi connectivity index (χ0) is 22.1. The van der Waals surface area contributed by atoms with Crippen LogP contribution in [0.1, 0.15) is 34.5 Å². The Labute approximate surface area is 180 Å². The van der Waals surface area contributed by atoms with Gasteiger partial charge < -0.3 is 20.1 Å². The van der Waals surface area contributed by atoms with Crippen molar-refractivity contribution in [1.29, 1.82) is 0 Å². The van der Waals surface area contributed by atoms with Crippen molar-refractivity contribution < 1.29 is 14.6 Å². The Bertz CT molecular complexity index is 1200. The van der Waals surface area contributed by atoms with Crippen molar-refractivity contribution in [2.24, 2.45) is 7.05 Å². The van der Waals surface area contributed by atoms with Crippen LogP contribution in [0.4, 0.5) is 11.6 Å². The Morgan fingerprint density at radius 1 is 1.23 bits per heavy atom. The molecule has 8 heteroatoms. The molecule has 0 bridgehead atoms. The van der Waals surface area contributed by atoms with Crippen molar-refractivity contribution in [3.63, 3.8) is 0 Å². The summed E-state index contributed by atoms with van der Waals surface area (Å²) in [5.41, 5.74) is 3.04. The van der Waals surface area contributed by atoms with Gasteiger partial charge >= 0.3 is 5.97 Å². The molecule has 0 spiro atoms. The lowest BCUT2D eigenvalue weighted by atomic mass is 10.0. The summed E-state index contributed by atoms with van der Waals surface area (Å²) in [6, 6.07) is 10.4. The first-order valence-electron chi connectivity index (χ1n) is 10.3. The monoisotopic (exact) mass is 422 g/mol. The molecule has 0 aliphatic carbocycles. The van der Waals surface area contributed by atoms with Crippen LogP contribution in [-0.2, 0) is 11.8 Å². The fourth-order valence-electron chi connectivity index (χ4n) is 4.02. The SMILES string of the molecule is Cc1cc(C(C)Nc2ccccc2C(=O)O)c2nc(N3CCOCC3)n(C)c(=O)c2c1. The highest BCUT2D eigenvalue weighted by Crippen LogP contribution is 2.29. The summed E-state index contributed by atoms with van der Waals surface area (Å²) in [7, 11) is 1.74. The fraction of sp³-hybridized carbons (Fsp3) is 0.348. The quantitative estimate of drug-likeness (QED) is 0.652. The molecule has 2 heterocycles. The van der Waals surface area contributed by atoms with Gasteiger partial charge in [-0.2, -0.15) is 0 Å². The average molecular weight is 422 g/mol. The van der Waals surface area contributed by atoms with Crippen LogP contribution in [0.3, 0.4) is 0 Å². The number of ether oxygens (including phenoxy) is 1. The highest BCUT2D eigenvalue weighted by Gasteiger charge is 2.21. The van der Waals surface area contributed by atoms with Crippen LogP contribution in [0, 0.1) is 6.92 Å². The molecule has 1 fully saturated rings. The minimum Gasteiger partial charge on any atom is -0.478 e. The predicted molar refractivity (Wildman–Crippen MR) is 120 cm³/mol. The minimum atomic E-state index is -0.994. The highest BCUT2D eigenvalue weighted by atomic mass is 16.5. The molecule has 1 atom stereocenters. The predicted octanol–water partition coefficient (Wildman–Crippen LogP) is 2.95. The van der Waals surface area contributed by atoms with E-state index in [-0.39, 0.29) is 17.2 Å². The molecule has 1 saturated heterocycles. The number of benzene rings is 2. The topological polar surface area (TPSA) is 96.7 Å². The number of aromatic carboxylic acids is 1. The number of hydrogen-bond acceptors (Lipinski definition) is 6. The van der Waals surface area contributed by atoms with Gasteiger partial charge in [0.2, 0.25) is 5.95 Å². The van der Waals surface area contributed by atoms with Crippen LogP contribution in [0.2, 0.25) is 0 Å². The summed E-state index contributed by atoms with van der Waals surface area (Å²) in [6.07, 6.45) is 0. The van der Waals surface area contributed by atoms with E-state index in [0.717, 1.165) is 11.1 Å². The van der Waals surface area contributed by atoms with Gasteiger partial charge in [-0.05, 0) is 37.6 Å². The van der Waals surface area contributed by atoms with E-state index in [1.165, 1.54) is 0 Å². The van der Waals surface area contributed by atoms with Crippen molar-refractivity contribution in [3.8, 4) is 0 Å². The Morgan fingerprint density at radius 2 is 1.94 bits per heavy atom. The highest BCUT2D eigenvalue weighted by molar-refractivity contribution is 5.94. The lowest BCUT2D eigenvalue weighted by Crippen LogP contribution is -2.40. The van der Waals surface area contributed by atoms with Gasteiger partial charge in [-0.25, -0.2) is 9.78 Å². The number of carbonyl (C=O) groups is 1. The molecule has 0 radical (unpaired) electrons. The largest absolute Gasteiger partial charge is 0.478 e. The van der Waals surface area contributed by atoms with Crippen LogP contribution in [0.5, 0.6) is 0 Å². The summed E-state index contributed by atoms with van der Waals surface area (Å²) >= 11 is 0. The molecule has 162 valence electrons. The molecule has 1 unspecified atom stereocenters. The number of para-hydroxylation sites is 1. The van der Waals surface area contributed by atoms with Gasteiger partial charge in [0.25, 0.3) is 5.56 Å². The summed E-state index contributed by atoms with van der Waals surface area (Å²) in [5.74, 6) is -0.380. The third-order valence-electron chi connectivity index (χ3n) is 5.62. The van der Waals surface area contributed by atoms with Gasteiger partial charge in [0.15, 0.2) is 0 Å². The Hall–Kier alpha value is -3.39. The van der Waals surface area contributed by atoms with Gasteiger partial charge in [-0.3, -0.25) is 9.36 Å². The third kappa shape index (κ3) is 3.98.